The van der Waals surface area contributed by atoms with Crippen LogP contribution in [0, 0.1) is 5.82 Å². The van der Waals surface area contributed by atoms with Crippen LogP contribution in [-0.4, -0.2) is 14.8 Å². The first-order chi connectivity index (χ1) is 13.1. The number of hydrogen-bond donors (Lipinski definition) is 0. The van der Waals surface area contributed by atoms with Gasteiger partial charge in [-0.3, -0.25) is 4.57 Å². The monoisotopic (exact) mass is 423 g/mol. The van der Waals surface area contributed by atoms with Gasteiger partial charge in [0.15, 0.2) is 11.0 Å². The second kappa shape index (κ2) is 9.26. The van der Waals surface area contributed by atoms with Crippen molar-refractivity contribution in [2.75, 3.05) is 0 Å². The highest BCUT2D eigenvalue weighted by molar-refractivity contribution is 7.98. The first-order valence-corrected chi connectivity index (χ1v) is 9.79. The first kappa shape index (κ1) is 19.7. The van der Waals surface area contributed by atoms with Gasteiger partial charge in [0.25, 0.3) is 0 Å². The van der Waals surface area contributed by atoms with Crippen molar-refractivity contribution < 1.29 is 9.13 Å². The number of rotatable bonds is 8. The summed E-state index contributed by atoms with van der Waals surface area (Å²) in [6.07, 6.45) is 1.76. The normalized spacial score (nSPS) is 10.8. The van der Waals surface area contributed by atoms with Crippen LogP contribution in [0.3, 0.4) is 0 Å². The maximum absolute atomic E-state index is 13.2. The van der Waals surface area contributed by atoms with E-state index in [0.29, 0.717) is 39.1 Å². The molecule has 0 saturated heterocycles. The topological polar surface area (TPSA) is 39.9 Å². The van der Waals surface area contributed by atoms with E-state index in [0.717, 1.165) is 5.56 Å². The number of nitrogens with zero attached hydrogens (tertiary/aromatic N) is 3. The number of hydrogen-bond acceptors (Lipinski definition) is 4. The summed E-state index contributed by atoms with van der Waals surface area (Å²) in [7, 11) is 0. The van der Waals surface area contributed by atoms with Gasteiger partial charge in [-0.25, -0.2) is 4.39 Å². The highest BCUT2D eigenvalue weighted by atomic mass is 35.5. The van der Waals surface area contributed by atoms with Crippen molar-refractivity contribution in [3.05, 3.63) is 82.4 Å². The van der Waals surface area contributed by atoms with Crippen molar-refractivity contribution >= 4 is 35.0 Å². The lowest BCUT2D eigenvalue weighted by Gasteiger charge is -2.10. The lowest BCUT2D eigenvalue weighted by atomic mass is 10.2. The van der Waals surface area contributed by atoms with Crippen LogP contribution in [-0.2, 0) is 18.9 Å². The smallest absolute Gasteiger partial charge is 0.191 e. The number of aromatic nitrogens is 3. The average Bonchev–Trinajstić information content (AvgIpc) is 3.02. The van der Waals surface area contributed by atoms with Crippen molar-refractivity contribution in [2.24, 2.45) is 0 Å². The summed E-state index contributed by atoms with van der Waals surface area (Å²) in [6, 6.07) is 11.6. The summed E-state index contributed by atoms with van der Waals surface area (Å²) in [4.78, 5) is 0. The van der Waals surface area contributed by atoms with E-state index in [-0.39, 0.29) is 12.4 Å². The minimum absolute atomic E-state index is 0.225. The zero-order valence-corrected chi connectivity index (χ0v) is 16.6. The molecule has 8 heteroatoms. The van der Waals surface area contributed by atoms with Crippen LogP contribution in [0.5, 0.6) is 5.75 Å². The van der Waals surface area contributed by atoms with Gasteiger partial charge in [-0.15, -0.1) is 16.8 Å². The molecule has 0 N–H and O–H groups in total. The number of para-hydroxylation sites is 1. The van der Waals surface area contributed by atoms with E-state index >= 15 is 0 Å². The van der Waals surface area contributed by atoms with Gasteiger partial charge in [-0.05, 0) is 29.8 Å². The molecule has 140 valence electrons. The maximum Gasteiger partial charge on any atom is 0.191 e. The van der Waals surface area contributed by atoms with E-state index < -0.39 is 0 Å². The predicted octanol–water partition coefficient (Wildman–Crippen LogP) is 5.78. The van der Waals surface area contributed by atoms with Crippen molar-refractivity contribution in [3.8, 4) is 5.75 Å². The molecule has 0 aliphatic carbocycles. The van der Waals surface area contributed by atoms with Gasteiger partial charge in [0.2, 0.25) is 0 Å². The second-order valence-electron chi connectivity index (χ2n) is 5.54. The molecular formula is C19H16Cl2FN3OS. The number of benzene rings is 2. The van der Waals surface area contributed by atoms with Crippen LogP contribution in [0.15, 0.2) is 60.3 Å². The summed E-state index contributed by atoms with van der Waals surface area (Å²) in [5.41, 5.74) is 0.824. The van der Waals surface area contributed by atoms with Gasteiger partial charge in [0, 0.05) is 17.3 Å². The molecule has 0 aliphatic rings. The number of allylic oxidation sites excluding steroid dienone is 1. The molecule has 0 amide bonds. The van der Waals surface area contributed by atoms with Gasteiger partial charge in [0.1, 0.15) is 18.2 Å². The molecule has 0 bridgehead atoms. The molecule has 0 radical (unpaired) electrons. The third-order valence-electron chi connectivity index (χ3n) is 3.67. The molecule has 0 fully saturated rings. The fourth-order valence-electron chi connectivity index (χ4n) is 2.33. The third-order valence-corrected chi connectivity index (χ3v) is 5.35. The molecule has 0 spiro atoms. The fourth-order valence-corrected chi connectivity index (χ4v) is 3.80. The molecule has 1 aromatic heterocycles. The first-order valence-electron chi connectivity index (χ1n) is 8.05. The Kier molecular flexibility index (Phi) is 6.77. The Morgan fingerprint density at radius 3 is 2.70 bits per heavy atom. The molecule has 0 saturated carbocycles. The Bertz CT molecular complexity index is 948. The highest BCUT2D eigenvalue weighted by Crippen LogP contribution is 2.28. The molecule has 1 heterocycles. The highest BCUT2D eigenvalue weighted by Gasteiger charge is 2.14. The molecule has 4 nitrogen and oxygen atoms in total. The van der Waals surface area contributed by atoms with E-state index in [2.05, 4.69) is 16.8 Å². The molecule has 0 aliphatic heterocycles. The van der Waals surface area contributed by atoms with Crippen molar-refractivity contribution in [3.63, 3.8) is 0 Å². The molecular weight excluding hydrogens is 408 g/mol. The molecule has 3 rings (SSSR count). The van der Waals surface area contributed by atoms with Gasteiger partial charge in [-0.1, -0.05) is 59.2 Å². The Morgan fingerprint density at radius 2 is 1.96 bits per heavy atom. The lowest BCUT2D eigenvalue weighted by molar-refractivity contribution is 0.289. The van der Waals surface area contributed by atoms with Gasteiger partial charge in [-0.2, -0.15) is 0 Å². The van der Waals surface area contributed by atoms with Crippen LogP contribution >= 0.6 is 35.0 Å². The minimum atomic E-state index is -0.359. The Balaban J connectivity index is 1.72. The average molecular weight is 424 g/mol. The summed E-state index contributed by atoms with van der Waals surface area (Å²) in [6.45, 7) is 4.54. The molecule has 0 unspecified atom stereocenters. The summed E-state index contributed by atoms with van der Waals surface area (Å²) >= 11 is 13.7. The standard InChI is InChI=1S/C19H16Cl2FN3OS/c1-2-9-25-18(11-26-17-6-4-3-5-15(17)20)23-24-19(25)27-12-13-7-8-14(22)10-16(13)21/h2-8,10H,1,9,11-12H2. The van der Waals surface area contributed by atoms with Crippen LogP contribution in [0.2, 0.25) is 10.0 Å². The zero-order valence-electron chi connectivity index (χ0n) is 14.2. The molecule has 27 heavy (non-hydrogen) atoms. The third kappa shape index (κ3) is 5.03. The van der Waals surface area contributed by atoms with Crippen molar-refractivity contribution in [2.45, 2.75) is 24.1 Å². The van der Waals surface area contributed by atoms with Gasteiger partial charge in [0.05, 0.1) is 5.02 Å². The van der Waals surface area contributed by atoms with Crippen LogP contribution in [0.4, 0.5) is 4.39 Å². The van der Waals surface area contributed by atoms with Crippen LogP contribution < -0.4 is 4.74 Å². The maximum atomic E-state index is 13.2. The second-order valence-corrected chi connectivity index (χ2v) is 7.30. The minimum Gasteiger partial charge on any atom is -0.484 e. The Hall–Kier alpha value is -2.02. The van der Waals surface area contributed by atoms with Gasteiger partial charge >= 0.3 is 0 Å². The summed E-state index contributed by atoms with van der Waals surface area (Å²) in [5, 5.41) is 10.1. The number of ether oxygens (including phenoxy) is 1. The van der Waals surface area contributed by atoms with Crippen LogP contribution in [0.1, 0.15) is 11.4 Å². The van der Waals surface area contributed by atoms with E-state index in [9.17, 15) is 4.39 Å². The van der Waals surface area contributed by atoms with E-state index in [1.54, 1.807) is 24.3 Å². The SMILES string of the molecule is C=CCn1c(COc2ccccc2Cl)nnc1SCc1ccc(F)cc1Cl. The fraction of sp³-hybridized carbons (Fsp3) is 0.158. The zero-order chi connectivity index (χ0) is 19.2. The largest absolute Gasteiger partial charge is 0.484 e. The quantitative estimate of drug-likeness (QED) is 0.340. The Morgan fingerprint density at radius 1 is 1.15 bits per heavy atom. The number of halogens is 3. The summed E-state index contributed by atoms with van der Waals surface area (Å²) < 4.78 is 20.8. The number of thioether (sulfide) groups is 1. The Labute approximate surface area is 171 Å². The van der Waals surface area contributed by atoms with E-state index in [1.807, 2.05) is 16.7 Å². The summed E-state index contributed by atoms with van der Waals surface area (Å²) in [5.74, 6) is 1.42. The van der Waals surface area contributed by atoms with Crippen molar-refractivity contribution in [1.82, 2.24) is 14.8 Å². The van der Waals surface area contributed by atoms with Gasteiger partial charge < -0.3 is 4.74 Å². The predicted molar refractivity (Wildman–Crippen MR) is 107 cm³/mol. The van der Waals surface area contributed by atoms with E-state index in [4.69, 9.17) is 27.9 Å². The molecule has 0 atom stereocenters. The van der Waals surface area contributed by atoms with Crippen LogP contribution in [0.25, 0.3) is 0 Å². The van der Waals surface area contributed by atoms with E-state index in [1.165, 1.54) is 23.9 Å². The van der Waals surface area contributed by atoms with Crippen molar-refractivity contribution in [1.29, 1.82) is 0 Å². The molecule has 2 aromatic carbocycles. The lowest BCUT2D eigenvalue weighted by Crippen LogP contribution is -2.07. The molecule has 3 aromatic rings.